The van der Waals surface area contributed by atoms with Crippen molar-refractivity contribution in [3.63, 3.8) is 0 Å². The Kier molecular flexibility index (Phi) is 3.74. The van der Waals surface area contributed by atoms with Gasteiger partial charge in [-0.05, 0) is 44.0 Å². The fourth-order valence-corrected chi connectivity index (χ4v) is 2.19. The lowest BCUT2D eigenvalue weighted by Gasteiger charge is -2.08. The molecule has 0 radical (unpaired) electrons. The van der Waals surface area contributed by atoms with Crippen LogP contribution in [0.15, 0.2) is 30.3 Å². The zero-order valence-electron chi connectivity index (χ0n) is 11.9. The van der Waals surface area contributed by atoms with Crippen LogP contribution in [-0.2, 0) is 18.3 Å². The van der Waals surface area contributed by atoms with Crippen molar-refractivity contribution in [1.82, 2.24) is 4.57 Å². The maximum Gasteiger partial charge on any atom is 0.228 e. The largest absolute Gasteiger partial charge is 0.352 e. The number of nitrogens with one attached hydrogen (secondary N) is 1. The number of carbonyl (C=O) groups excluding carboxylic acids is 1. The molecule has 0 aliphatic heterocycles. The van der Waals surface area contributed by atoms with Crippen LogP contribution in [0, 0.1) is 20.8 Å². The Morgan fingerprint density at radius 1 is 1.21 bits per heavy atom. The minimum atomic E-state index is 0.0306. The summed E-state index contributed by atoms with van der Waals surface area (Å²) < 4.78 is 2.11. The van der Waals surface area contributed by atoms with Crippen LogP contribution in [0.5, 0.6) is 0 Å². The van der Waals surface area contributed by atoms with Gasteiger partial charge in [-0.15, -0.1) is 0 Å². The summed E-state index contributed by atoms with van der Waals surface area (Å²) in [7, 11) is 2.02. The number of para-hydroxylation sites is 1. The lowest BCUT2D eigenvalue weighted by Crippen LogP contribution is -2.15. The van der Waals surface area contributed by atoms with E-state index in [1.54, 1.807) is 0 Å². The van der Waals surface area contributed by atoms with E-state index in [1.165, 1.54) is 5.69 Å². The second-order valence-corrected chi connectivity index (χ2v) is 5.00. The third kappa shape index (κ3) is 2.87. The first-order chi connectivity index (χ1) is 8.99. The standard InChI is InChI=1S/C16H20N2O/c1-11-7-5-6-8-15(11)17-16(19)10-14-9-12(2)18(4)13(14)3/h5-9H,10H2,1-4H3,(H,17,19). The van der Waals surface area contributed by atoms with Crippen LogP contribution in [0.2, 0.25) is 0 Å². The van der Waals surface area contributed by atoms with Gasteiger partial charge in [0.05, 0.1) is 6.42 Å². The van der Waals surface area contributed by atoms with Crippen LogP contribution in [0.4, 0.5) is 5.69 Å². The van der Waals surface area contributed by atoms with E-state index in [0.717, 1.165) is 22.5 Å². The number of aryl methyl sites for hydroxylation is 2. The lowest BCUT2D eigenvalue weighted by atomic mass is 10.1. The molecule has 0 aliphatic carbocycles. The Morgan fingerprint density at radius 3 is 2.47 bits per heavy atom. The van der Waals surface area contributed by atoms with E-state index < -0.39 is 0 Å². The van der Waals surface area contributed by atoms with Crippen LogP contribution < -0.4 is 5.32 Å². The number of benzene rings is 1. The van der Waals surface area contributed by atoms with Crippen molar-refractivity contribution in [3.05, 3.63) is 52.8 Å². The summed E-state index contributed by atoms with van der Waals surface area (Å²) in [5, 5.41) is 2.97. The molecule has 3 nitrogen and oxygen atoms in total. The van der Waals surface area contributed by atoms with Crippen LogP contribution >= 0.6 is 0 Å². The van der Waals surface area contributed by atoms with Crippen LogP contribution in [0.25, 0.3) is 0 Å². The average molecular weight is 256 g/mol. The summed E-state index contributed by atoms with van der Waals surface area (Å²) in [6.07, 6.45) is 0.418. The topological polar surface area (TPSA) is 34.0 Å². The van der Waals surface area contributed by atoms with Crippen molar-refractivity contribution in [2.24, 2.45) is 7.05 Å². The third-order valence-corrected chi connectivity index (χ3v) is 3.65. The molecule has 1 aromatic carbocycles. The summed E-state index contributed by atoms with van der Waals surface area (Å²) in [5.74, 6) is 0.0306. The van der Waals surface area contributed by atoms with Gasteiger partial charge in [-0.2, -0.15) is 0 Å². The molecule has 1 heterocycles. The van der Waals surface area contributed by atoms with Gasteiger partial charge in [0.15, 0.2) is 0 Å². The maximum absolute atomic E-state index is 12.1. The third-order valence-electron chi connectivity index (χ3n) is 3.65. The Hall–Kier alpha value is -2.03. The highest BCUT2D eigenvalue weighted by Gasteiger charge is 2.11. The fourth-order valence-electron chi connectivity index (χ4n) is 2.19. The van der Waals surface area contributed by atoms with Crippen molar-refractivity contribution in [2.75, 3.05) is 5.32 Å². The molecule has 0 aliphatic rings. The number of carbonyl (C=O) groups is 1. The number of rotatable bonds is 3. The van der Waals surface area contributed by atoms with Gasteiger partial charge in [0.25, 0.3) is 0 Å². The van der Waals surface area contributed by atoms with E-state index in [4.69, 9.17) is 0 Å². The Labute approximate surface area is 114 Å². The Morgan fingerprint density at radius 2 is 1.89 bits per heavy atom. The van der Waals surface area contributed by atoms with Gasteiger partial charge in [0.2, 0.25) is 5.91 Å². The number of aromatic nitrogens is 1. The SMILES string of the molecule is Cc1ccccc1NC(=O)Cc1cc(C)n(C)c1C. The molecule has 3 heteroatoms. The molecule has 100 valence electrons. The molecular formula is C16H20N2O. The molecule has 2 aromatic rings. The highest BCUT2D eigenvalue weighted by Crippen LogP contribution is 2.16. The van der Waals surface area contributed by atoms with Gasteiger partial charge >= 0.3 is 0 Å². The Bertz CT molecular complexity index is 611. The molecular weight excluding hydrogens is 236 g/mol. The van der Waals surface area contributed by atoms with E-state index in [0.29, 0.717) is 6.42 Å². The number of nitrogens with zero attached hydrogens (tertiary/aromatic N) is 1. The second-order valence-electron chi connectivity index (χ2n) is 5.00. The first-order valence-electron chi connectivity index (χ1n) is 6.46. The van der Waals surface area contributed by atoms with E-state index in [9.17, 15) is 4.79 Å². The molecule has 19 heavy (non-hydrogen) atoms. The zero-order valence-corrected chi connectivity index (χ0v) is 11.9. The molecule has 1 amide bonds. The van der Waals surface area contributed by atoms with Gasteiger partial charge < -0.3 is 9.88 Å². The molecule has 0 spiro atoms. The zero-order chi connectivity index (χ0) is 14.0. The first-order valence-corrected chi connectivity index (χ1v) is 6.46. The first kappa shape index (κ1) is 13.4. The minimum Gasteiger partial charge on any atom is -0.352 e. The molecule has 0 saturated carbocycles. The quantitative estimate of drug-likeness (QED) is 0.899. The molecule has 1 aromatic heterocycles. The van der Waals surface area contributed by atoms with Crippen LogP contribution in [0.3, 0.4) is 0 Å². The highest BCUT2D eigenvalue weighted by atomic mass is 16.1. The molecule has 2 rings (SSSR count). The fraction of sp³-hybridized carbons (Fsp3) is 0.312. The van der Waals surface area contributed by atoms with E-state index in [-0.39, 0.29) is 5.91 Å². The lowest BCUT2D eigenvalue weighted by molar-refractivity contribution is -0.115. The number of amides is 1. The average Bonchev–Trinajstić information content (AvgIpc) is 2.60. The summed E-state index contributed by atoms with van der Waals surface area (Å²) in [5.41, 5.74) is 5.38. The van der Waals surface area contributed by atoms with E-state index in [1.807, 2.05) is 45.2 Å². The summed E-state index contributed by atoms with van der Waals surface area (Å²) in [6, 6.07) is 9.90. The van der Waals surface area contributed by atoms with Crippen molar-refractivity contribution >= 4 is 11.6 Å². The number of hydrogen-bond donors (Lipinski definition) is 1. The highest BCUT2D eigenvalue weighted by molar-refractivity contribution is 5.93. The van der Waals surface area contributed by atoms with Crippen LogP contribution in [0.1, 0.15) is 22.5 Å². The van der Waals surface area contributed by atoms with Gasteiger partial charge in [0.1, 0.15) is 0 Å². The maximum atomic E-state index is 12.1. The van der Waals surface area contributed by atoms with E-state index in [2.05, 4.69) is 22.9 Å². The number of hydrogen-bond acceptors (Lipinski definition) is 1. The monoisotopic (exact) mass is 256 g/mol. The number of anilines is 1. The minimum absolute atomic E-state index is 0.0306. The van der Waals surface area contributed by atoms with E-state index >= 15 is 0 Å². The van der Waals surface area contributed by atoms with Crippen molar-refractivity contribution in [3.8, 4) is 0 Å². The molecule has 0 atom stereocenters. The summed E-state index contributed by atoms with van der Waals surface area (Å²) >= 11 is 0. The van der Waals surface area contributed by atoms with Crippen molar-refractivity contribution in [1.29, 1.82) is 0 Å². The smallest absolute Gasteiger partial charge is 0.228 e. The van der Waals surface area contributed by atoms with Gasteiger partial charge in [-0.3, -0.25) is 4.79 Å². The predicted octanol–water partition coefficient (Wildman–Crippen LogP) is 3.13. The molecule has 0 bridgehead atoms. The van der Waals surface area contributed by atoms with Gasteiger partial charge in [0, 0.05) is 24.1 Å². The molecule has 0 fully saturated rings. The van der Waals surface area contributed by atoms with Crippen molar-refractivity contribution in [2.45, 2.75) is 27.2 Å². The summed E-state index contributed by atoms with van der Waals surface area (Å²) in [6.45, 7) is 6.09. The van der Waals surface area contributed by atoms with Crippen molar-refractivity contribution < 1.29 is 4.79 Å². The molecule has 1 N–H and O–H groups in total. The van der Waals surface area contributed by atoms with Gasteiger partial charge in [-0.25, -0.2) is 0 Å². The van der Waals surface area contributed by atoms with Crippen LogP contribution in [-0.4, -0.2) is 10.5 Å². The second kappa shape index (κ2) is 5.31. The van der Waals surface area contributed by atoms with Gasteiger partial charge in [-0.1, -0.05) is 18.2 Å². The normalized spacial score (nSPS) is 10.5. The molecule has 0 unspecified atom stereocenters. The Balaban J connectivity index is 2.10. The molecule has 0 saturated heterocycles. The summed E-state index contributed by atoms with van der Waals surface area (Å²) in [4.78, 5) is 12.1. The predicted molar refractivity (Wildman–Crippen MR) is 78.4 cm³/mol.